The molecule has 11 heterocycles. The summed E-state index contributed by atoms with van der Waals surface area (Å²) in [5.74, 6) is 0.548. The number of hydrogen-bond donors (Lipinski definition) is 3. The van der Waals surface area contributed by atoms with Crippen LogP contribution in [0.5, 0.6) is 17.4 Å². The van der Waals surface area contributed by atoms with Crippen LogP contribution in [-0.2, 0) is 24.2 Å². The number of nitro groups is 1. The van der Waals surface area contributed by atoms with Crippen molar-refractivity contribution in [2.75, 3.05) is 112 Å². The summed E-state index contributed by atoms with van der Waals surface area (Å²) in [7, 11) is -4.73. The maximum atomic E-state index is 16.2. The van der Waals surface area contributed by atoms with Gasteiger partial charge in [-0.15, -0.1) is 0 Å². The van der Waals surface area contributed by atoms with Gasteiger partial charge in [-0.2, -0.15) is 4.98 Å². The van der Waals surface area contributed by atoms with E-state index in [-0.39, 0.29) is 77.6 Å². The lowest BCUT2D eigenvalue weighted by Gasteiger charge is -2.59. The van der Waals surface area contributed by atoms with Crippen LogP contribution in [0.2, 0.25) is 0 Å². The van der Waals surface area contributed by atoms with Crippen LogP contribution in [0.1, 0.15) is 97.4 Å². The second-order valence-electron chi connectivity index (χ2n) is 25.5. The van der Waals surface area contributed by atoms with Crippen molar-refractivity contribution in [1.29, 1.82) is 0 Å². The summed E-state index contributed by atoms with van der Waals surface area (Å²) in [6.07, 6.45) is 9.52. The van der Waals surface area contributed by atoms with E-state index in [2.05, 4.69) is 82.6 Å². The quantitative estimate of drug-likeness (QED) is 0.0814. The maximum absolute atomic E-state index is 16.2. The normalized spacial score (nSPS) is 25.9. The summed E-state index contributed by atoms with van der Waals surface area (Å²) < 4.78 is 83.8. The monoisotopic (exact) mass is 1220 g/mol. The lowest BCUT2D eigenvalue weighted by molar-refractivity contribution is -0.384. The minimum Gasteiger partial charge on any atom is -0.489 e. The van der Waals surface area contributed by atoms with E-state index in [1.807, 2.05) is 24.3 Å². The molecule has 5 saturated heterocycles. The minimum absolute atomic E-state index is 0.0164. The number of aryl methyl sites for hydroxylation is 1. The maximum Gasteiger partial charge on any atom is 0.297 e. The minimum atomic E-state index is -4.73. The first kappa shape index (κ1) is 57.1. The van der Waals surface area contributed by atoms with Gasteiger partial charge in [-0.05, 0) is 112 Å². The number of nitrogens with one attached hydrogen (secondary N) is 3. The van der Waals surface area contributed by atoms with Crippen molar-refractivity contribution in [3.05, 3.63) is 117 Å². The molecule has 88 heavy (non-hydrogen) atoms. The number of piperazine rings is 1. The highest BCUT2D eigenvalue weighted by molar-refractivity contribution is 7.90. The molecule has 9 aliphatic rings. The molecule has 1 saturated carbocycles. The van der Waals surface area contributed by atoms with Crippen molar-refractivity contribution in [1.82, 2.24) is 29.5 Å². The van der Waals surface area contributed by atoms with Crippen molar-refractivity contribution >= 4 is 61.2 Å². The molecule has 6 fully saturated rings. The van der Waals surface area contributed by atoms with Gasteiger partial charge in [0, 0.05) is 113 Å². The first-order chi connectivity index (χ1) is 42.8. The molecule has 6 atom stereocenters. The van der Waals surface area contributed by atoms with E-state index in [4.69, 9.17) is 33.4 Å². The SMILES string of the molecule is Cc1ccccc1[C@@H]1CN([C@H]2CCOc3c(N4CCOC[C@@H]4C)ncc(F)c32)CCN1C1CC2(CCN(c3ccc(C(=O)NS(=O)(=O)c4cc5c(c([N+](=O)[O-])c4)N[C@H](C4CCOCC4)CO5)c(N4c5cc6cc[nH]c6nc5O[C@H]5COCC[C@@H]54)c3)CC2)C1. The molecule has 8 aliphatic heterocycles. The van der Waals surface area contributed by atoms with Crippen molar-refractivity contribution in [3.8, 4) is 17.4 Å². The Morgan fingerprint density at radius 1 is 0.864 bits per heavy atom. The van der Waals surface area contributed by atoms with E-state index in [0.29, 0.717) is 105 Å². The average molecular weight is 1220 g/mol. The van der Waals surface area contributed by atoms with Crippen LogP contribution >= 0.6 is 0 Å². The number of H-pyrrole nitrogens is 1. The predicted octanol–water partition coefficient (Wildman–Crippen LogP) is 8.58. The van der Waals surface area contributed by atoms with Gasteiger partial charge in [-0.25, -0.2) is 22.5 Å². The lowest BCUT2D eigenvalue weighted by Crippen LogP contribution is -2.60. The van der Waals surface area contributed by atoms with Gasteiger partial charge in [0.25, 0.3) is 21.6 Å². The number of morpholine rings is 1. The van der Waals surface area contributed by atoms with E-state index < -0.39 is 37.5 Å². The first-order valence-corrected chi connectivity index (χ1v) is 32.7. The summed E-state index contributed by atoms with van der Waals surface area (Å²) in [4.78, 5) is 51.0. The lowest BCUT2D eigenvalue weighted by atomic mass is 9.59. The Morgan fingerprint density at radius 3 is 2.50 bits per heavy atom. The highest BCUT2D eigenvalue weighted by atomic mass is 32.2. The third kappa shape index (κ3) is 10.3. The molecule has 15 rings (SSSR count). The molecule has 6 aromatic rings. The fourth-order valence-corrected chi connectivity index (χ4v) is 16.8. The van der Waals surface area contributed by atoms with E-state index in [0.717, 1.165) is 88.4 Å². The van der Waals surface area contributed by atoms with Crippen LogP contribution in [0.3, 0.4) is 0 Å². The van der Waals surface area contributed by atoms with Crippen molar-refractivity contribution in [2.45, 2.75) is 112 Å². The van der Waals surface area contributed by atoms with E-state index >= 15 is 4.39 Å². The molecule has 0 bridgehead atoms. The van der Waals surface area contributed by atoms with Gasteiger partial charge in [0.2, 0.25) is 5.88 Å². The number of benzene rings is 3. The Labute approximate surface area is 510 Å². The summed E-state index contributed by atoms with van der Waals surface area (Å²) >= 11 is 0. The number of ether oxygens (including phenoxy) is 6. The summed E-state index contributed by atoms with van der Waals surface area (Å²) in [6.45, 7) is 12.6. The number of fused-ring (bicyclic) bond motifs is 5. The number of carbonyl (C=O) groups excluding carboxylic acids is 1. The Balaban J connectivity index is 0.693. The van der Waals surface area contributed by atoms with Crippen LogP contribution in [0.4, 0.5) is 38.6 Å². The largest absolute Gasteiger partial charge is 0.489 e. The van der Waals surface area contributed by atoms with Gasteiger partial charge in [-0.1, -0.05) is 24.3 Å². The number of piperidine rings is 1. The van der Waals surface area contributed by atoms with Gasteiger partial charge >= 0.3 is 0 Å². The molecule has 3 aromatic heterocycles. The number of sulfonamides is 1. The number of carbonyl (C=O) groups is 1. The smallest absolute Gasteiger partial charge is 0.297 e. The number of pyridine rings is 2. The van der Waals surface area contributed by atoms with Gasteiger partial charge in [0.05, 0.1) is 77.4 Å². The molecule has 1 spiro atoms. The Bertz CT molecular complexity index is 3800. The van der Waals surface area contributed by atoms with Crippen molar-refractivity contribution < 1.29 is 50.9 Å². The summed E-state index contributed by atoms with van der Waals surface area (Å²) in [5, 5.41) is 16.7. The molecule has 0 unspecified atom stereocenters. The third-order valence-corrected chi connectivity index (χ3v) is 21.8. The standard InChI is InChI=1S/C64H74FN11O11S/c1-38-5-3-4-6-45(38)54-34-72(50-13-25-85-59-57(50)47(65)33-67-61(59)73-21-26-84-35-39(73)2)19-20-74(54)43-31-64(32-43)14-17-71(18-15-64)42-7-8-46(51(28-42)75-49-12-24-83-37-56(49)87-63-53(75)27-41-9-16-66-60(41)69-63)62(77)70-88(80,81)44-29-52(76(78)79)58-55(30-44)86-36-48(68-58)40-10-22-82-23-11-40/h3-9,16,27-30,33,39-40,43,48-50,54,56,68H,10-15,17-26,31-32,34-37H2,1-2H3,(H,66,69)(H,70,77)/t39-,48-,49-,50-,54-,56-/m0/s1. The van der Waals surface area contributed by atoms with Gasteiger partial charge in [-0.3, -0.25) is 24.7 Å². The van der Waals surface area contributed by atoms with Crippen LogP contribution < -0.4 is 38.9 Å². The highest BCUT2D eigenvalue weighted by Gasteiger charge is 2.51. The number of hydrogen-bond acceptors (Lipinski definition) is 19. The fraction of sp³-hybridized carbons (Fsp3) is 0.516. The number of rotatable bonds is 11. The predicted molar refractivity (Wildman–Crippen MR) is 326 cm³/mol. The number of nitrogens with zero attached hydrogens (tertiary/aromatic N) is 8. The van der Waals surface area contributed by atoms with Crippen molar-refractivity contribution in [3.63, 3.8) is 0 Å². The molecular weight excluding hydrogens is 1150 g/mol. The molecule has 464 valence electrons. The van der Waals surface area contributed by atoms with Gasteiger partial charge in [0.15, 0.2) is 23.0 Å². The van der Waals surface area contributed by atoms with Gasteiger partial charge < -0.3 is 53.4 Å². The van der Waals surface area contributed by atoms with E-state index in [1.165, 1.54) is 23.4 Å². The first-order valence-electron chi connectivity index (χ1n) is 31.2. The number of nitro benzene ring substituents is 1. The van der Waals surface area contributed by atoms with E-state index in [1.54, 1.807) is 12.3 Å². The topological polar surface area (TPSA) is 232 Å². The molecule has 0 radical (unpaired) electrons. The summed E-state index contributed by atoms with van der Waals surface area (Å²) in [6, 6.07) is 20.2. The zero-order chi connectivity index (χ0) is 60.0. The second-order valence-corrected chi connectivity index (χ2v) is 27.2. The van der Waals surface area contributed by atoms with Crippen LogP contribution in [0, 0.1) is 34.2 Å². The molecule has 3 aromatic carbocycles. The zero-order valence-electron chi connectivity index (χ0n) is 49.5. The number of halogens is 1. The van der Waals surface area contributed by atoms with Crippen molar-refractivity contribution in [2.24, 2.45) is 11.3 Å². The second kappa shape index (κ2) is 22.9. The Morgan fingerprint density at radius 2 is 1.68 bits per heavy atom. The summed E-state index contributed by atoms with van der Waals surface area (Å²) in [5.41, 5.74) is 5.60. The number of aromatic amines is 1. The zero-order valence-corrected chi connectivity index (χ0v) is 50.4. The molecule has 1 aliphatic carbocycles. The Kier molecular flexibility index (Phi) is 14.9. The van der Waals surface area contributed by atoms with Gasteiger partial charge in [0.1, 0.15) is 29.9 Å². The molecule has 1 amide bonds. The van der Waals surface area contributed by atoms with Crippen LogP contribution in [-0.4, -0.2) is 166 Å². The van der Waals surface area contributed by atoms with Crippen LogP contribution in [0.15, 0.2) is 84.0 Å². The Hall–Kier alpha value is -7.35. The molecular formula is C64H74FN11O11S. The van der Waals surface area contributed by atoms with Crippen LogP contribution in [0.25, 0.3) is 11.0 Å². The fourth-order valence-electron chi connectivity index (χ4n) is 15.8. The number of anilines is 5. The number of amides is 1. The molecule has 3 N–H and O–H groups in total. The average Bonchev–Trinajstić information content (AvgIpc) is 2.17. The highest BCUT2D eigenvalue weighted by Crippen LogP contribution is 2.55. The third-order valence-electron chi connectivity index (χ3n) is 20.5. The molecule has 24 heteroatoms. The van der Waals surface area contributed by atoms with E-state index in [9.17, 15) is 23.3 Å². The molecule has 22 nitrogen and oxygen atoms in total. The number of aromatic nitrogens is 3.